The number of methoxy groups -OCH3 is 2. The number of nitrogens with one attached hydrogen (secondary N) is 1. The third kappa shape index (κ3) is 4.09. The maximum absolute atomic E-state index is 13.8. The van der Waals surface area contributed by atoms with Crippen LogP contribution in [-0.2, 0) is 6.42 Å². The summed E-state index contributed by atoms with van der Waals surface area (Å²) in [5.41, 5.74) is 0.335. The van der Waals surface area contributed by atoms with Crippen molar-refractivity contribution in [3.05, 3.63) is 70.0 Å². The van der Waals surface area contributed by atoms with Gasteiger partial charge in [0.25, 0.3) is 5.91 Å². The molecular formula is C19H15F3N2O3S. The SMILES string of the molecule is COc1ccc(C(=O)Nc2ncc(Cc3ccc(F)c(F)c3F)s2)cc1OC. The molecule has 0 aliphatic heterocycles. The Kier molecular flexibility index (Phi) is 5.84. The lowest BCUT2D eigenvalue weighted by molar-refractivity contribution is 0.102. The Bertz CT molecular complexity index is 1020. The van der Waals surface area contributed by atoms with Crippen molar-refractivity contribution in [2.24, 2.45) is 0 Å². The number of anilines is 1. The van der Waals surface area contributed by atoms with Crippen LogP contribution in [0.5, 0.6) is 11.5 Å². The van der Waals surface area contributed by atoms with Gasteiger partial charge in [-0.2, -0.15) is 0 Å². The van der Waals surface area contributed by atoms with Crippen LogP contribution in [0.25, 0.3) is 0 Å². The van der Waals surface area contributed by atoms with Gasteiger partial charge in [-0.05, 0) is 29.8 Å². The van der Waals surface area contributed by atoms with Crippen LogP contribution in [0.1, 0.15) is 20.8 Å². The van der Waals surface area contributed by atoms with E-state index in [0.29, 0.717) is 21.9 Å². The van der Waals surface area contributed by atoms with Crippen LogP contribution in [0, 0.1) is 17.5 Å². The molecule has 0 aliphatic rings. The summed E-state index contributed by atoms with van der Waals surface area (Å²) in [4.78, 5) is 17.0. The van der Waals surface area contributed by atoms with Crippen LogP contribution in [0.4, 0.5) is 18.3 Å². The average molecular weight is 408 g/mol. The summed E-state index contributed by atoms with van der Waals surface area (Å²) >= 11 is 1.11. The Labute approximate surface area is 162 Å². The fraction of sp³-hybridized carbons (Fsp3) is 0.158. The number of benzene rings is 2. The van der Waals surface area contributed by atoms with Crippen LogP contribution in [-0.4, -0.2) is 25.1 Å². The van der Waals surface area contributed by atoms with E-state index < -0.39 is 23.4 Å². The predicted molar refractivity (Wildman–Crippen MR) is 98.7 cm³/mol. The number of amides is 1. The lowest BCUT2D eigenvalue weighted by atomic mass is 10.1. The highest BCUT2D eigenvalue weighted by Gasteiger charge is 2.16. The number of carbonyl (C=O) groups excluding carboxylic acids is 1. The van der Waals surface area contributed by atoms with Gasteiger partial charge in [0, 0.05) is 23.1 Å². The zero-order chi connectivity index (χ0) is 20.3. The molecule has 9 heteroatoms. The van der Waals surface area contributed by atoms with E-state index in [2.05, 4.69) is 10.3 Å². The predicted octanol–water partition coefficient (Wildman–Crippen LogP) is 4.42. The highest BCUT2D eigenvalue weighted by atomic mass is 32.1. The topological polar surface area (TPSA) is 60.5 Å². The van der Waals surface area contributed by atoms with Crippen LogP contribution in [0.3, 0.4) is 0 Å². The number of nitrogens with zero attached hydrogens (tertiary/aromatic N) is 1. The molecule has 0 bridgehead atoms. The first-order valence-corrected chi connectivity index (χ1v) is 8.85. The Morgan fingerprint density at radius 2 is 1.82 bits per heavy atom. The molecule has 0 saturated heterocycles. The monoisotopic (exact) mass is 408 g/mol. The zero-order valence-corrected chi connectivity index (χ0v) is 15.7. The van der Waals surface area contributed by atoms with Crippen molar-refractivity contribution in [2.75, 3.05) is 19.5 Å². The van der Waals surface area contributed by atoms with Crippen molar-refractivity contribution in [1.29, 1.82) is 0 Å². The molecule has 3 aromatic rings. The molecule has 3 rings (SSSR count). The van der Waals surface area contributed by atoms with Gasteiger partial charge in [0.05, 0.1) is 14.2 Å². The van der Waals surface area contributed by atoms with Gasteiger partial charge in [0.15, 0.2) is 34.1 Å². The van der Waals surface area contributed by atoms with Crippen LogP contribution < -0.4 is 14.8 Å². The molecule has 0 spiro atoms. The second kappa shape index (κ2) is 8.30. The van der Waals surface area contributed by atoms with E-state index in [1.807, 2.05) is 0 Å². The highest BCUT2D eigenvalue weighted by molar-refractivity contribution is 7.15. The fourth-order valence-electron chi connectivity index (χ4n) is 2.48. The minimum atomic E-state index is -1.51. The summed E-state index contributed by atoms with van der Waals surface area (Å²) in [5, 5.41) is 2.92. The molecular weight excluding hydrogens is 393 g/mol. The normalized spacial score (nSPS) is 10.6. The summed E-state index contributed by atoms with van der Waals surface area (Å²) in [6.07, 6.45) is 1.46. The lowest BCUT2D eigenvalue weighted by Crippen LogP contribution is -2.11. The first-order chi connectivity index (χ1) is 13.4. The number of ether oxygens (including phenoxy) is 2. The molecule has 2 aromatic carbocycles. The molecule has 1 aromatic heterocycles. The number of thiazole rings is 1. The molecule has 28 heavy (non-hydrogen) atoms. The standard InChI is InChI=1S/C19H15F3N2O3S/c1-26-14-6-4-11(8-15(14)27-2)18(25)24-19-23-9-12(28-19)7-10-3-5-13(20)17(22)16(10)21/h3-6,8-9H,7H2,1-2H3,(H,23,24,25). The van der Waals surface area contributed by atoms with Gasteiger partial charge < -0.3 is 9.47 Å². The van der Waals surface area contributed by atoms with Gasteiger partial charge in [-0.15, -0.1) is 11.3 Å². The second-order valence-electron chi connectivity index (χ2n) is 5.67. The smallest absolute Gasteiger partial charge is 0.257 e. The van der Waals surface area contributed by atoms with Gasteiger partial charge in [-0.25, -0.2) is 18.2 Å². The quantitative estimate of drug-likeness (QED) is 0.614. The number of aromatic nitrogens is 1. The molecule has 0 radical (unpaired) electrons. The minimum absolute atomic E-state index is 0.000294. The van der Waals surface area contributed by atoms with Crippen LogP contribution >= 0.6 is 11.3 Å². The largest absolute Gasteiger partial charge is 0.493 e. The number of rotatable bonds is 6. The van der Waals surface area contributed by atoms with E-state index in [4.69, 9.17) is 9.47 Å². The van der Waals surface area contributed by atoms with Gasteiger partial charge in [0.2, 0.25) is 0 Å². The average Bonchev–Trinajstić information content (AvgIpc) is 3.14. The van der Waals surface area contributed by atoms with E-state index >= 15 is 0 Å². The van der Waals surface area contributed by atoms with Gasteiger partial charge in [-0.3, -0.25) is 10.1 Å². The highest BCUT2D eigenvalue weighted by Crippen LogP contribution is 2.29. The molecule has 0 unspecified atom stereocenters. The molecule has 0 fully saturated rings. The van der Waals surface area contributed by atoms with Crippen molar-refractivity contribution < 1.29 is 27.4 Å². The summed E-state index contributed by atoms with van der Waals surface area (Å²) in [6, 6.07) is 6.75. The van der Waals surface area contributed by atoms with E-state index in [-0.39, 0.29) is 17.1 Å². The summed E-state index contributed by atoms with van der Waals surface area (Å²) in [6.45, 7) is 0. The Morgan fingerprint density at radius 3 is 2.54 bits per heavy atom. The molecule has 0 saturated carbocycles. The number of hydrogen-bond donors (Lipinski definition) is 1. The molecule has 1 amide bonds. The molecule has 0 aliphatic carbocycles. The zero-order valence-electron chi connectivity index (χ0n) is 14.9. The molecule has 1 heterocycles. The first-order valence-electron chi connectivity index (χ1n) is 8.03. The lowest BCUT2D eigenvalue weighted by Gasteiger charge is -2.09. The van der Waals surface area contributed by atoms with Crippen molar-refractivity contribution in [2.45, 2.75) is 6.42 Å². The van der Waals surface area contributed by atoms with E-state index in [1.165, 1.54) is 32.5 Å². The van der Waals surface area contributed by atoms with E-state index in [1.54, 1.807) is 12.1 Å². The van der Waals surface area contributed by atoms with Crippen molar-refractivity contribution in [1.82, 2.24) is 4.98 Å². The molecule has 1 N–H and O–H groups in total. The van der Waals surface area contributed by atoms with Crippen molar-refractivity contribution in [3.63, 3.8) is 0 Å². The van der Waals surface area contributed by atoms with E-state index in [0.717, 1.165) is 17.4 Å². The minimum Gasteiger partial charge on any atom is -0.493 e. The van der Waals surface area contributed by atoms with Gasteiger partial charge >= 0.3 is 0 Å². The van der Waals surface area contributed by atoms with E-state index in [9.17, 15) is 18.0 Å². The second-order valence-corrected chi connectivity index (χ2v) is 6.78. The maximum Gasteiger partial charge on any atom is 0.257 e. The van der Waals surface area contributed by atoms with Gasteiger partial charge in [-0.1, -0.05) is 6.07 Å². The number of hydrogen-bond acceptors (Lipinski definition) is 5. The third-order valence-corrected chi connectivity index (χ3v) is 4.81. The fourth-order valence-corrected chi connectivity index (χ4v) is 3.31. The Hall–Kier alpha value is -3.07. The Morgan fingerprint density at radius 1 is 1.07 bits per heavy atom. The van der Waals surface area contributed by atoms with Crippen molar-refractivity contribution in [3.8, 4) is 11.5 Å². The Balaban J connectivity index is 1.73. The van der Waals surface area contributed by atoms with Crippen molar-refractivity contribution >= 4 is 22.4 Å². The molecule has 146 valence electrons. The molecule has 5 nitrogen and oxygen atoms in total. The molecule has 0 atom stereocenters. The third-order valence-electron chi connectivity index (χ3n) is 3.90. The summed E-state index contributed by atoms with van der Waals surface area (Å²) < 4.78 is 50.4. The van der Waals surface area contributed by atoms with Crippen LogP contribution in [0.15, 0.2) is 36.5 Å². The summed E-state index contributed by atoms with van der Waals surface area (Å²) in [5.74, 6) is -3.50. The first kappa shape index (κ1) is 19.7. The van der Waals surface area contributed by atoms with Gasteiger partial charge in [0.1, 0.15) is 0 Å². The number of halogens is 3. The number of carbonyl (C=O) groups is 1. The van der Waals surface area contributed by atoms with Crippen LogP contribution in [0.2, 0.25) is 0 Å². The summed E-state index contributed by atoms with van der Waals surface area (Å²) in [7, 11) is 2.95. The maximum atomic E-state index is 13.8.